The molecular formula is C19H23NO3. The molecule has 0 aromatic heterocycles. The first-order chi connectivity index (χ1) is 11.0. The molecule has 0 bridgehead atoms. The first-order valence-electron chi connectivity index (χ1n) is 7.75. The fraction of sp³-hybridized carbons (Fsp3) is 0.316. The van der Waals surface area contributed by atoms with E-state index in [-0.39, 0.29) is 5.91 Å². The molecule has 1 N–H and O–H groups in total. The Labute approximate surface area is 137 Å². The van der Waals surface area contributed by atoms with E-state index in [0.29, 0.717) is 5.75 Å². The lowest BCUT2D eigenvalue weighted by molar-refractivity contribution is -0.122. The van der Waals surface area contributed by atoms with Gasteiger partial charge in [0, 0.05) is 5.69 Å². The van der Waals surface area contributed by atoms with Gasteiger partial charge in [-0.2, -0.15) is 0 Å². The standard InChI is InChI=1S/C19H23NO3/c1-5-15-8-6-7-13(2)18(15)20-19(21)14(3)23-17-11-9-16(22-4)10-12-17/h6-12,14H,5H2,1-4H3,(H,20,21)/t14-/m1/s1. The van der Waals surface area contributed by atoms with Crippen LogP contribution in [0.3, 0.4) is 0 Å². The molecule has 0 aliphatic carbocycles. The number of nitrogens with one attached hydrogen (secondary N) is 1. The van der Waals surface area contributed by atoms with E-state index in [1.54, 1.807) is 38.3 Å². The van der Waals surface area contributed by atoms with Crippen molar-refractivity contribution in [2.24, 2.45) is 0 Å². The van der Waals surface area contributed by atoms with Gasteiger partial charge in [0.25, 0.3) is 5.91 Å². The van der Waals surface area contributed by atoms with Crippen LogP contribution in [-0.4, -0.2) is 19.1 Å². The molecule has 0 unspecified atom stereocenters. The molecule has 0 radical (unpaired) electrons. The van der Waals surface area contributed by atoms with Crippen LogP contribution in [-0.2, 0) is 11.2 Å². The second-order valence-corrected chi connectivity index (χ2v) is 5.39. The molecule has 4 nitrogen and oxygen atoms in total. The summed E-state index contributed by atoms with van der Waals surface area (Å²) in [7, 11) is 1.61. The summed E-state index contributed by atoms with van der Waals surface area (Å²) in [6.07, 6.45) is 0.276. The van der Waals surface area contributed by atoms with Gasteiger partial charge in [-0.1, -0.05) is 25.1 Å². The Balaban J connectivity index is 2.05. The number of rotatable bonds is 6. The number of carbonyl (C=O) groups excluding carboxylic acids is 1. The fourth-order valence-corrected chi connectivity index (χ4v) is 2.34. The minimum atomic E-state index is -0.590. The molecule has 4 heteroatoms. The van der Waals surface area contributed by atoms with Gasteiger partial charge < -0.3 is 14.8 Å². The lowest BCUT2D eigenvalue weighted by atomic mass is 10.1. The highest BCUT2D eigenvalue weighted by Gasteiger charge is 2.17. The molecule has 0 aliphatic heterocycles. The van der Waals surface area contributed by atoms with E-state index < -0.39 is 6.10 Å². The van der Waals surface area contributed by atoms with Crippen molar-refractivity contribution in [3.63, 3.8) is 0 Å². The Bertz CT molecular complexity index is 665. The number of hydrogen-bond donors (Lipinski definition) is 1. The highest BCUT2D eigenvalue weighted by atomic mass is 16.5. The second kappa shape index (κ2) is 7.68. The van der Waals surface area contributed by atoms with Gasteiger partial charge in [0.05, 0.1) is 7.11 Å². The maximum absolute atomic E-state index is 12.4. The Morgan fingerprint density at radius 3 is 2.39 bits per heavy atom. The van der Waals surface area contributed by atoms with Crippen LogP contribution in [0.2, 0.25) is 0 Å². The van der Waals surface area contributed by atoms with E-state index in [9.17, 15) is 4.79 Å². The van der Waals surface area contributed by atoms with E-state index in [0.717, 1.165) is 29.0 Å². The van der Waals surface area contributed by atoms with Gasteiger partial charge in [0.2, 0.25) is 0 Å². The first-order valence-corrected chi connectivity index (χ1v) is 7.75. The van der Waals surface area contributed by atoms with E-state index in [4.69, 9.17) is 9.47 Å². The highest BCUT2D eigenvalue weighted by Crippen LogP contribution is 2.22. The summed E-state index contributed by atoms with van der Waals surface area (Å²) in [5.74, 6) is 1.22. The predicted molar refractivity (Wildman–Crippen MR) is 92.3 cm³/mol. The predicted octanol–water partition coefficient (Wildman–Crippen LogP) is 3.97. The largest absolute Gasteiger partial charge is 0.497 e. The van der Waals surface area contributed by atoms with Crippen LogP contribution < -0.4 is 14.8 Å². The molecule has 23 heavy (non-hydrogen) atoms. The Morgan fingerprint density at radius 2 is 1.78 bits per heavy atom. The van der Waals surface area contributed by atoms with Gasteiger partial charge in [-0.15, -0.1) is 0 Å². The maximum atomic E-state index is 12.4. The number of anilines is 1. The van der Waals surface area contributed by atoms with Crippen molar-refractivity contribution >= 4 is 11.6 Å². The van der Waals surface area contributed by atoms with Crippen molar-refractivity contribution in [2.75, 3.05) is 12.4 Å². The van der Waals surface area contributed by atoms with E-state index in [1.165, 1.54) is 0 Å². The number of carbonyl (C=O) groups is 1. The SMILES string of the molecule is CCc1cccc(C)c1NC(=O)[C@@H](C)Oc1ccc(OC)cc1. The molecule has 0 aliphatic rings. The number of hydrogen-bond acceptors (Lipinski definition) is 3. The maximum Gasteiger partial charge on any atom is 0.265 e. The molecule has 1 atom stereocenters. The van der Waals surface area contributed by atoms with Gasteiger partial charge in [0.15, 0.2) is 6.10 Å². The van der Waals surface area contributed by atoms with Crippen LogP contribution in [0, 0.1) is 6.92 Å². The quantitative estimate of drug-likeness (QED) is 0.877. The average molecular weight is 313 g/mol. The molecule has 0 fully saturated rings. The fourth-order valence-electron chi connectivity index (χ4n) is 2.34. The van der Waals surface area contributed by atoms with Crippen molar-refractivity contribution in [2.45, 2.75) is 33.3 Å². The van der Waals surface area contributed by atoms with Crippen LogP contribution in [0.15, 0.2) is 42.5 Å². The zero-order valence-electron chi connectivity index (χ0n) is 14.1. The van der Waals surface area contributed by atoms with Crippen LogP contribution in [0.1, 0.15) is 25.0 Å². The average Bonchev–Trinajstić information content (AvgIpc) is 2.57. The number of aryl methyl sites for hydroxylation is 2. The third-order valence-electron chi connectivity index (χ3n) is 3.73. The zero-order chi connectivity index (χ0) is 16.8. The van der Waals surface area contributed by atoms with Crippen molar-refractivity contribution in [3.05, 3.63) is 53.6 Å². The van der Waals surface area contributed by atoms with Crippen LogP contribution in [0.5, 0.6) is 11.5 Å². The number of ether oxygens (including phenoxy) is 2. The van der Waals surface area contributed by atoms with E-state index in [1.807, 2.05) is 25.1 Å². The summed E-state index contributed by atoms with van der Waals surface area (Å²) in [6, 6.07) is 13.2. The molecule has 0 heterocycles. The Kier molecular flexibility index (Phi) is 5.63. The molecule has 1 amide bonds. The Hall–Kier alpha value is -2.49. The van der Waals surface area contributed by atoms with Crippen molar-refractivity contribution < 1.29 is 14.3 Å². The van der Waals surface area contributed by atoms with Gasteiger partial charge in [0.1, 0.15) is 11.5 Å². The van der Waals surface area contributed by atoms with Crippen LogP contribution in [0.25, 0.3) is 0 Å². The smallest absolute Gasteiger partial charge is 0.265 e. The monoisotopic (exact) mass is 313 g/mol. The van der Waals surface area contributed by atoms with Crippen molar-refractivity contribution in [1.29, 1.82) is 0 Å². The van der Waals surface area contributed by atoms with Crippen LogP contribution >= 0.6 is 0 Å². The first kappa shape index (κ1) is 16.9. The molecule has 122 valence electrons. The lowest BCUT2D eigenvalue weighted by Crippen LogP contribution is -2.30. The molecule has 0 saturated heterocycles. The molecule has 2 rings (SSSR count). The molecular weight excluding hydrogens is 290 g/mol. The summed E-state index contributed by atoms with van der Waals surface area (Å²) < 4.78 is 10.8. The third kappa shape index (κ3) is 4.25. The summed E-state index contributed by atoms with van der Waals surface area (Å²) in [5, 5.41) is 2.98. The highest BCUT2D eigenvalue weighted by molar-refractivity contribution is 5.95. The van der Waals surface area contributed by atoms with Gasteiger partial charge in [-0.25, -0.2) is 0 Å². The zero-order valence-corrected chi connectivity index (χ0v) is 14.1. The second-order valence-electron chi connectivity index (χ2n) is 5.39. The summed E-state index contributed by atoms with van der Waals surface area (Å²) in [5.41, 5.74) is 3.05. The lowest BCUT2D eigenvalue weighted by Gasteiger charge is -2.18. The summed E-state index contributed by atoms with van der Waals surface area (Å²) in [4.78, 5) is 12.4. The van der Waals surface area contributed by atoms with Crippen LogP contribution in [0.4, 0.5) is 5.69 Å². The molecule has 0 saturated carbocycles. The van der Waals surface area contributed by atoms with E-state index in [2.05, 4.69) is 12.2 Å². The van der Waals surface area contributed by atoms with Crippen molar-refractivity contribution in [3.8, 4) is 11.5 Å². The summed E-state index contributed by atoms with van der Waals surface area (Å²) in [6.45, 7) is 5.80. The van der Waals surface area contributed by atoms with Gasteiger partial charge in [-0.05, 0) is 55.7 Å². The Morgan fingerprint density at radius 1 is 1.13 bits per heavy atom. The molecule has 2 aromatic carbocycles. The normalized spacial score (nSPS) is 11.7. The number of methoxy groups -OCH3 is 1. The number of amides is 1. The minimum Gasteiger partial charge on any atom is -0.497 e. The molecule has 0 spiro atoms. The number of benzene rings is 2. The topological polar surface area (TPSA) is 47.6 Å². The molecule has 2 aromatic rings. The van der Waals surface area contributed by atoms with Gasteiger partial charge in [-0.3, -0.25) is 4.79 Å². The van der Waals surface area contributed by atoms with Gasteiger partial charge >= 0.3 is 0 Å². The number of para-hydroxylation sites is 1. The van der Waals surface area contributed by atoms with E-state index >= 15 is 0 Å². The third-order valence-corrected chi connectivity index (χ3v) is 3.73. The van der Waals surface area contributed by atoms with Crippen molar-refractivity contribution in [1.82, 2.24) is 0 Å². The minimum absolute atomic E-state index is 0.162. The summed E-state index contributed by atoms with van der Waals surface area (Å²) >= 11 is 0.